The first-order valence-electron chi connectivity index (χ1n) is 9.06. The van der Waals surface area contributed by atoms with Crippen LogP contribution in [0.3, 0.4) is 0 Å². The van der Waals surface area contributed by atoms with Crippen LogP contribution in [0.2, 0.25) is 0 Å². The molecule has 2 fully saturated rings. The van der Waals surface area contributed by atoms with E-state index in [0.717, 1.165) is 56.9 Å². The summed E-state index contributed by atoms with van der Waals surface area (Å²) < 4.78 is 0. The molecule has 1 atom stereocenters. The van der Waals surface area contributed by atoms with Crippen molar-refractivity contribution in [1.82, 2.24) is 20.1 Å². The van der Waals surface area contributed by atoms with Gasteiger partial charge in [0.25, 0.3) is 0 Å². The second kappa shape index (κ2) is 7.83. The molecule has 0 saturated carbocycles. The van der Waals surface area contributed by atoms with Gasteiger partial charge in [-0.2, -0.15) is 0 Å². The van der Waals surface area contributed by atoms with E-state index in [0.29, 0.717) is 12.6 Å². The lowest BCUT2D eigenvalue weighted by Crippen LogP contribution is -2.47. The Morgan fingerprint density at radius 2 is 2.04 bits per heavy atom. The van der Waals surface area contributed by atoms with Gasteiger partial charge >= 0.3 is 6.03 Å². The molecule has 6 nitrogen and oxygen atoms in total. The van der Waals surface area contributed by atoms with E-state index in [-0.39, 0.29) is 6.03 Å². The molecule has 6 heteroatoms. The number of piperazine rings is 1. The lowest BCUT2D eigenvalue weighted by Gasteiger charge is -2.34. The fraction of sp³-hybridized carbons (Fsp3) is 0.667. The summed E-state index contributed by atoms with van der Waals surface area (Å²) in [5, 5.41) is 3.07. The van der Waals surface area contributed by atoms with Crippen molar-refractivity contribution in [2.24, 2.45) is 0 Å². The van der Waals surface area contributed by atoms with Crippen LogP contribution in [-0.4, -0.2) is 66.6 Å². The molecule has 0 radical (unpaired) electrons. The number of nitrogens with one attached hydrogen (secondary N) is 1. The first-order chi connectivity index (χ1) is 11.6. The number of pyridine rings is 1. The van der Waals surface area contributed by atoms with Crippen LogP contribution in [0.5, 0.6) is 0 Å². The highest BCUT2D eigenvalue weighted by Gasteiger charge is 2.22. The Morgan fingerprint density at radius 3 is 2.79 bits per heavy atom. The number of rotatable bonds is 3. The highest BCUT2D eigenvalue weighted by Crippen LogP contribution is 2.17. The Balaban J connectivity index is 1.55. The van der Waals surface area contributed by atoms with Gasteiger partial charge in [0, 0.05) is 51.5 Å². The van der Waals surface area contributed by atoms with Gasteiger partial charge in [-0.1, -0.05) is 0 Å². The number of hydrogen-bond donors (Lipinski definition) is 1. The maximum atomic E-state index is 12.4. The highest BCUT2D eigenvalue weighted by molar-refractivity contribution is 5.74. The van der Waals surface area contributed by atoms with Crippen molar-refractivity contribution in [3.8, 4) is 0 Å². The Bertz CT molecular complexity index is 556. The van der Waals surface area contributed by atoms with Crippen LogP contribution in [-0.2, 0) is 6.54 Å². The number of likely N-dealkylation sites (N-methyl/N-ethyl adjacent to an activating group) is 1. The molecule has 0 aromatic carbocycles. The number of anilines is 1. The van der Waals surface area contributed by atoms with Gasteiger partial charge in [0.2, 0.25) is 0 Å². The van der Waals surface area contributed by atoms with Crippen molar-refractivity contribution in [3.05, 3.63) is 23.9 Å². The van der Waals surface area contributed by atoms with Crippen LogP contribution in [0.25, 0.3) is 0 Å². The summed E-state index contributed by atoms with van der Waals surface area (Å²) in [6.07, 6.45) is 5.29. The SMILES string of the molecule is CC1CCCCN1C(=O)NCc1ccnc(N2CCN(C)CC2)c1. The van der Waals surface area contributed by atoms with Gasteiger partial charge in [-0.3, -0.25) is 0 Å². The molecule has 0 aliphatic carbocycles. The molecule has 1 N–H and O–H groups in total. The van der Waals surface area contributed by atoms with Gasteiger partial charge in [0.15, 0.2) is 0 Å². The van der Waals surface area contributed by atoms with Crippen molar-refractivity contribution in [2.75, 3.05) is 44.7 Å². The van der Waals surface area contributed by atoms with Crippen molar-refractivity contribution in [2.45, 2.75) is 38.8 Å². The first kappa shape index (κ1) is 17.0. The summed E-state index contributed by atoms with van der Waals surface area (Å²) in [5.41, 5.74) is 1.11. The third kappa shape index (κ3) is 4.17. The van der Waals surface area contributed by atoms with Crippen LogP contribution in [0, 0.1) is 0 Å². The summed E-state index contributed by atoms with van der Waals surface area (Å²) in [7, 11) is 2.15. The number of aromatic nitrogens is 1. The molecule has 2 aliphatic heterocycles. The second-order valence-electron chi connectivity index (χ2n) is 7.01. The summed E-state index contributed by atoms with van der Waals surface area (Å²) in [4.78, 5) is 23.5. The number of urea groups is 1. The van der Waals surface area contributed by atoms with Gasteiger partial charge in [0.05, 0.1) is 0 Å². The standard InChI is InChI=1S/C18H29N5O/c1-15-5-3-4-8-23(15)18(24)20-14-16-6-7-19-17(13-16)22-11-9-21(2)10-12-22/h6-7,13,15H,3-5,8-12,14H2,1-2H3,(H,20,24). The van der Waals surface area contributed by atoms with Crippen LogP contribution >= 0.6 is 0 Å². The summed E-state index contributed by atoms with van der Waals surface area (Å²) in [5.74, 6) is 1.01. The van der Waals surface area contributed by atoms with Crippen molar-refractivity contribution in [1.29, 1.82) is 0 Å². The van der Waals surface area contributed by atoms with E-state index in [4.69, 9.17) is 0 Å². The van der Waals surface area contributed by atoms with Crippen LogP contribution in [0.15, 0.2) is 18.3 Å². The Labute approximate surface area is 144 Å². The van der Waals surface area contributed by atoms with Gasteiger partial charge in [-0.05, 0) is 50.9 Å². The molecule has 2 aliphatic rings. The molecule has 2 amide bonds. The van der Waals surface area contributed by atoms with Crippen molar-refractivity contribution in [3.63, 3.8) is 0 Å². The molecule has 1 aromatic heterocycles. The number of carbonyl (C=O) groups is 1. The van der Waals surface area contributed by atoms with Crippen LogP contribution in [0.4, 0.5) is 10.6 Å². The van der Waals surface area contributed by atoms with Gasteiger partial charge < -0.3 is 20.0 Å². The molecule has 132 valence electrons. The zero-order valence-corrected chi connectivity index (χ0v) is 14.9. The Hall–Kier alpha value is -1.82. The zero-order chi connectivity index (χ0) is 16.9. The molecule has 3 heterocycles. The lowest BCUT2D eigenvalue weighted by molar-refractivity contribution is 0.158. The number of carbonyl (C=O) groups excluding carboxylic acids is 1. The molecule has 0 bridgehead atoms. The van der Waals surface area contributed by atoms with Crippen molar-refractivity contribution < 1.29 is 4.79 Å². The predicted octanol–water partition coefficient (Wildman–Crippen LogP) is 1.92. The van der Waals surface area contributed by atoms with Crippen LogP contribution < -0.4 is 10.2 Å². The average Bonchev–Trinajstić information content (AvgIpc) is 2.61. The third-order valence-corrected chi connectivity index (χ3v) is 5.14. The van der Waals surface area contributed by atoms with E-state index in [1.165, 1.54) is 6.42 Å². The summed E-state index contributed by atoms with van der Waals surface area (Å²) in [6, 6.07) is 4.49. The normalized spacial score (nSPS) is 22.5. The van der Waals surface area contributed by atoms with E-state index >= 15 is 0 Å². The number of nitrogens with zero attached hydrogens (tertiary/aromatic N) is 4. The fourth-order valence-corrected chi connectivity index (χ4v) is 3.46. The Morgan fingerprint density at radius 1 is 1.25 bits per heavy atom. The number of likely N-dealkylation sites (tertiary alicyclic amines) is 1. The zero-order valence-electron chi connectivity index (χ0n) is 14.9. The van der Waals surface area contributed by atoms with E-state index < -0.39 is 0 Å². The number of piperidine rings is 1. The minimum Gasteiger partial charge on any atom is -0.354 e. The quantitative estimate of drug-likeness (QED) is 0.919. The fourth-order valence-electron chi connectivity index (χ4n) is 3.46. The third-order valence-electron chi connectivity index (χ3n) is 5.14. The minimum atomic E-state index is 0.0557. The van der Waals surface area contributed by atoms with Gasteiger partial charge in [0.1, 0.15) is 5.82 Å². The molecule has 2 saturated heterocycles. The van der Waals surface area contributed by atoms with Gasteiger partial charge in [-0.25, -0.2) is 9.78 Å². The smallest absolute Gasteiger partial charge is 0.317 e. The summed E-state index contributed by atoms with van der Waals surface area (Å²) >= 11 is 0. The van der Waals surface area contributed by atoms with E-state index in [1.54, 1.807) is 0 Å². The number of amides is 2. The molecule has 1 unspecified atom stereocenters. The topological polar surface area (TPSA) is 51.7 Å². The van der Waals surface area contributed by atoms with Gasteiger partial charge in [-0.15, -0.1) is 0 Å². The number of hydrogen-bond acceptors (Lipinski definition) is 4. The monoisotopic (exact) mass is 331 g/mol. The van der Waals surface area contributed by atoms with E-state index in [2.05, 4.69) is 40.1 Å². The molecule has 0 spiro atoms. The van der Waals surface area contributed by atoms with E-state index in [9.17, 15) is 4.79 Å². The molecule has 1 aromatic rings. The maximum Gasteiger partial charge on any atom is 0.317 e. The maximum absolute atomic E-state index is 12.4. The first-order valence-corrected chi connectivity index (χ1v) is 9.06. The summed E-state index contributed by atoms with van der Waals surface area (Å²) in [6.45, 7) is 7.71. The molecular weight excluding hydrogens is 302 g/mol. The highest BCUT2D eigenvalue weighted by atomic mass is 16.2. The predicted molar refractivity (Wildman–Crippen MR) is 96.2 cm³/mol. The molecular formula is C18H29N5O. The average molecular weight is 331 g/mol. The molecule has 3 rings (SSSR count). The van der Waals surface area contributed by atoms with Crippen molar-refractivity contribution >= 4 is 11.8 Å². The lowest BCUT2D eigenvalue weighted by atomic mass is 10.0. The Kier molecular flexibility index (Phi) is 5.56. The largest absolute Gasteiger partial charge is 0.354 e. The van der Waals surface area contributed by atoms with Crippen LogP contribution in [0.1, 0.15) is 31.7 Å². The molecule has 24 heavy (non-hydrogen) atoms. The van der Waals surface area contributed by atoms with E-state index in [1.807, 2.05) is 17.2 Å². The minimum absolute atomic E-state index is 0.0557. The second-order valence-corrected chi connectivity index (χ2v) is 7.01.